The van der Waals surface area contributed by atoms with Crippen molar-refractivity contribution in [1.29, 1.82) is 5.26 Å². The number of nitriles is 1. The number of rotatable bonds is 2. The largest absolute Gasteiger partial charge is 0.371 e. The predicted octanol–water partition coefficient (Wildman–Crippen LogP) is 2.87. The van der Waals surface area contributed by atoms with E-state index in [9.17, 15) is 9.59 Å². The van der Waals surface area contributed by atoms with Crippen LogP contribution in [0.3, 0.4) is 0 Å². The molecule has 0 aromatic heterocycles. The van der Waals surface area contributed by atoms with Crippen LogP contribution in [-0.4, -0.2) is 35.6 Å². The van der Waals surface area contributed by atoms with Gasteiger partial charge in [-0.1, -0.05) is 18.2 Å². The fourth-order valence-electron chi connectivity index (χ4n) is 3.96. The minimum absolute atomic E-state index is 0.130. The zero-order valence-electron chi connectivity index (χ0n) is 15.4. The van der Waals surface area contributed by atoms with Gasteiger partial charge in [-0.2, -0.15) is 5.26 Å². The van der Waals surface area contributed by atoms with Crippen molar-refractivity contribution in [2.24, 2.45) is 0 Å². The van der Waals surface area contributed by atoms with Crippen LogP contribution in [0.25, 0.3) is 0 Å². The Labute approximate surface area is 163 Å². The van der Waals surface area contributed by atoms with E-state index in [2.05, 4.69) is 21.7 Å². The number of anilines is 2. The summed E-state index contributed by atoms with van der Waals surface area (Å²) in [7, 11) is 0. The lowest BCUT2D eigenvalue weighted by Gasteiger charge is -2.43. The highest BCUT2D eigenvalue weighted by molar-refractivity contribution is 5.94. The Morgan fingerprint density at radius 1 is 1.07 bits per heavy atom. The number of para-hydroxylation sites is 1. The number of hydrazine groups is 1. The van der Waals surface area contributed by atoms with Crippen LogP contribution in [0.2, 0.25) is 0 Å². The molecule has 7 nitrogen and oxygen atoms in total. The fraction of sp³-hybridized carbons (Fsp3) is 0.286. The summed E-state index contributed by atoms with van der Waals surface area (Å²) < 4.78 is 0. The molecule has 4 rings (SSSR count). The van der Waals surface area contributed by atoms with Crippen molar-refractivity contribution in [3.05, 3.63) is 60.2 Å². The molecule has 142 valence electrons. The van der Waals surface area contributed by atoms with Crippen LogP contribution in [0.15, 0.2) is 54.6 Å². The van der Waals surface area contributed by atoms with E-state index in [4.69, 9.17) is 5.26 Å². The first-order valence-electron chi connectivity index (χ1n) is 9.31. The molecule has 2 aromatic rings. The van der Waals surface area contributed by atoms with Gasteiger partial charge in [0.2, 0.25) is 5.91 Å². The van der Waals surface area contributed by atoms with E-state index in [-0.39, 0.29) is 11.9 Å². The molecular weight excluding hydrogens is 354 g/mol. The molecule has 0 unspecified atom stereocenters. The van der Waals surface area contributed by atoms with Crippen LogP contribution in [0.5, 0.6) is 0 Å². The van der Waals surface area contributed by atoms with Crippen molar-refractivity contribution in [2.75, 3.05) is 23.3 Å². The van der Waals surface area contributed by atoms with E-state index >= 15 is 0 Å². The molecular formula is C21H21N5O2. The van der Waals surface area contributed by atoms with Gasteiger partial charge >= 0.3 is 6.03 Å². The van der Waals surface area contributed by atoms with E-state index in [1.54, 1.807) is 12.1 Å². The molecule has 1 spiro atoms. The topological polar surface area (TPSA) is 88.5 Å². The number of hydrogen-bond acceptors (Lipinski definition) is 4. The van der Waals surface area contributed by atoms with Gasteiger partial charge in [0.25, 0.3) is 0 Å². The van der Waals surface area contributed by atoms with Crippen molar-refractivity contribution in [3.63, 3.8) is 0 Å². The summed E-state index contributed by atoms with van der Waals surface area (Å²) >= 11 is 0. The number of amides is 3. The predicted molar refractivity (Wildman–Crippen MR) is 105 cm³/mol. The van der Waals surface area contributed by atoms with E-state index < -0.39 is 5.54 Å². The number of piperidine rings is 1. The average molecular weight is 375 g/mol. The maximum absolute atomic E-state index is 12.8. The molecule has 0 aliphatic carbocycles. The Morgan fingerprint density at radius 2 is 1.75 bits per heavy atom. The monoisotopic (exact) mass is 375 g/mol. The summed E-state index contributed by atoms with van der Waals surface area (Å²) in [5, 5.41) is 13.3. The summed E-state index contributed by atoms with van der Waals surface area (Å²) in [6.45, 7) is 1.46. The summed E-state index contributed by atoms with van der Waals surface area (Å²) in [4.78, 5) is 27.2. The molecule has 2 aliphatic rings. The summed E-state index contributed by atoms with van der Waals surface area (Å²) in [5.74, 6) is -0.130. The molecule has 2 aliphatic heterocycles. The number of benzene rings is 2. The number of nitrogens with zero attached hydrogens (tertiary/aromatic N) is 3. The van der Waals surface area contributed by atoms with Crippen molar-refractivity contribution < 1.29 is 9.59 Å². The van der Waals surface area contributed by atoms with Crippen LogP contribution in [-0.2, 0) is 4.79 Å². The van der Waals surface area contributed by atoms with Crippen molar-refractivity contribution in [3.8, 4) is 6.07 Å². The Kier molecular flexibility index (Phi) is 4.62. The lowest BCUT2D eigenvalue weighted by molar-refractivity contribution is -0.120. The zero-order valence-corrected chi connectivity index (χ0v) is 15.4. The van der Waals surface area contributed by atoms with Gasteiger partial charge in [0, 0.05) is 24.5 Å². The first kappa shape index (κ1) is 17.9. The van der Waals surface area contributed by atoms with Crippen LogP contribution in [0.1, 0.15) is 24.8 Å². The van der Waals surface area contributed by atoms with E-state index in [0.717, 1.165) is 18.8 Å². The number of carbonyl (C=O) groups excluding carboxylic acids is 2. The quantitative estimate of drug-likeness (QED) is 0.845. The minimum atomic E-state index is -0.515. The van der Waals surface area contributed by atoms with Crippen LogP contribution in [0.4, 0.5) is 16.2 Å². The highest BCUT2D eigenvalue weighted by atomic mass is 16.2. The molecule has 2 fully saturated rings. The summed E-state index contributed by atoms with van der Waals surface area (Å²) in [5.41, 5.74) is 4.59. The maximum Gasteiger partial charge on any atom is 0.341 e. The summed E-state index contributed by atoms with van der Waals surface area (Å²) in [6, 6.07) is 18.5. The van der Waals surface area contributed by atoms with Crippen LogP contribution < -0.4 is 15.6 Å². The SMILES string of the molecule is N#Cc1ccc(N2CCC3(CC2)CC(=O)NN3C(=O)Nc2ccccc2)cc1. The fourth-order valence-corrected chi connectivity index (χ4v) is 3.96. The first-order chi connectivity index (χ1) is 13.6. The van der Waals surface area contributed by atoms with E-state index in [0.29, 0.717) is 30.5 Å². The third-order valence-electron chi connectivity index (χ3n) is 5.48. The first-order valence-corrected chi connectivity index (χ1v) is 9.31. The van der Waals surface area contributed by atoms with Gasteiger partial charge in [0.1, 0.15) is 0 Å². The van der Waals surface area contributed by atoms with Crippen molar-refractivity contribution >= 4 is 23.3 Å². The van der Waals surface area contributed by atoms with Crippen LogP contribution in [0, 0.1) is 11.3 Å². The van der Waals surface area contributed by atoms with Gasteiger partial charge in [-0.15, -0.1) is 0 Å². The number of hydrogen-bond donors (Lipinski definition) is 2. The molecule has 2 aromatic carbocycles. The maximum atomic E-state index is 12.8. The second-order valence-corrected chi connectivity index (χ2v) is 7.21. The highest BCUT2D eigenvalue weighted by Crippen LogP contribution is 2.36. The Balaban J connectivity index is 1.46. The van der Waals surface area contributed by atoms with E-state index in [1.165, 1.54) is 5.01 Å². The van der Waals surface area contributed by atoms with Crippen molar-refractivity contribution in [1.82, 2.24) is 10.4 Å². The molecule has 0 atom stereocenters. The molecule has 2 saturated heterocycles. The lowest BCUT2D eigenvalue weighted by Crippen LogP contribution is -2.58. The number of nitrogens with one attached hydrogen (secondary N) is 2. The molecule has 2 N–H and O–H groups in total. The second kappa shape index (κ2) is 7.24. The normalized spacial score (nSPS) is 17.9. The van der Waals surface area contributed by atoms with Gasteiger partial charge in [-0.3, -0.25) is 10.2 Å². The van der Waals surface area contributed by atoms with Gasteiger partial charge in [0.15, 0.2) is 0 Å². The molecule has 0 radical (unpaired) electrons. The smallest absolute Gasteiger partial charge is 0.341 e. The molecule has 0 saturated carbocycles. The standard InChI is InChI=1S/C21H21N5O2/c22-15-16-6-8-18(9-7-16)25-12-10-21(11-13-25)14-19(27)24-26(21)20(28)23-17-4-2-1-3-5-17/h1-9H,10-14H2,(H,23,28)(H,24,27). The molecule has 0 bridgehead atoms. The Bertz CT molecular complexity index is 912. The van der Waals surface area contributed by atoms with Gasteiger partial charge in [0.05, 0.1) is 23.6 Å². The van der Waals surface area contributed by atoms with Gasteiger partial charge < -0.3 is 10.2 Å². The number of urea groups is 1. The Hall–Kier alpha value is -3.53. The van der Waals surface area contributed by atoms with Crippen LogP contribution >= 0.6 is 0 Å². The minimum Gasteiger partial charge on any atom is -0.371 e. The van der Waals surface area contributed by atoms with E-state index in [1.807, 2.05) is 42.5 Å². The lowest BCUT2D eigenvalue weighted by atomic mass is 9.84. The molecule has 3 amide bonds. The highest BCUT2D eigenvalue weighted by Gasteiger charge is 2.49. The molecule has 7 heteroatoms. The molecule has 28 heavy (non-hydrogen) atoms. The van der Waals surface area contributed by atoms with Crippen molar-refractivity contribution in [2.45, 2.75) is 24.8 Å². The zero-order chi connectivity index (χ0) is 19.6. The third-order valence-corrected chi connectivity index (χ3v) is 5.48. The average Bonchev–Trinajstić information content (AvgIpc) is 3.05. The second-order valence-electron chi connectivity index (χ2n) is 7.21. The van der Waals surface area contributed by atoms with Gasteiger partial charge in [-0.05, 0) is 49.2 Å². The number of carbonyl (C=O) groups is 2. The van der Waals surface area contributed by atoms with Gasteiger partial charge in [-0.25, -0.2) is 9.80 Å². The third kappa shape index (κ3) is 3.37. The molecule has 2 heterocycles. The summed E-state index contributed by atoms with van der Waals surface area (Å²) in [6.07, 6.45) is 1.69. The Morgan fingerprint density at radius 3 is 2.39 bits per heavy atom.